The van der Waals surface area contributed by atoms with Crippen molar-refractivity contribution in [3.05, 3.63) is 212 Å². The van der Waals surface area contributed by atoms with E-state index in [4.69, 9.17) is 4.42 Å². The van der Waals surface area contributed by atoms with Crippen molar-refractivity contribution >= 4 is 71.3 Å². The third-order valence-corrected chi connectivity index (χ3v) is 13.4. The number of furan rings is 1. The Hall–Kier alpha value is -7.42. The lowest BCUT2D eigenvalue weighted by Crippen LogP contribution is -2.12. The highest BCUT2D eigenvalue weighted by Gasteiger charge is 2.24. The van der Waals surface area contributed by atoms with E-state index in [1.165, 1.54) is 92.2 Å². The Bertz CT molecular complexity index is 3470. The highest BCUT2D eigenvalue weighted by Crippen LogP contribution is 2.47. The molecule has 10 aromatic carbocycles. The molecule has 0 atom stereocenters. The fraction of sp³-hybridized carbons (Fsp3) is 0.100. The number of benzene rings is 10. The number of rotatable bonds is 7. The van der Waals surface area contributed by atoms with Gasteiger partial charge in [-0.05, 0) is 127 Å². The molecule has 1 saturated carbocycles. The zero-order chi connectivity index (χ0) is 41.0. The van der Waals surface area contributed by atoms with Crippen molar-refractivity contribution < 1.29 is 4.42 Å². The van der Waals surface area contributed by atoms with Gasteiger partial charge in [0.2, 0.25) is 0 Å². The normalized spacial score (nSPS) is 13.4. The Balaban J connectivity index is 1.08. The van der Waals surface area contributed by atoms with Crippen molar-refractivity contribution in [2.45, 2.75) is 38.0 Å². The number of hydrogen-bond acceptors (Lipinski definition) is 2. The molecule has 0 saturated heterocycles. The van der Waals surface area contributed by atoms with Crippen LogP contribution in [0.2, 0.25) is 0 Å². The largest absolute Gasteiger partial charge is 0.456 e. The van der Waals surface area contributed by atoms with Crippen LogP contribution in [0, 0.1) is 0 Å². The molecule has 1 aliphatic rings. The Morgan fingerprint density at radius 3 is 1.82 bits per heavy atom. The molecule has 0 amide bonds. The minimum atomic E-state index is 0.574. The molecule has 11 aromatic rings. The Morgan fingerprint density at radius 2 is 0.968 bits per heavy atom. The summed E-state index contributed by atoms with van der Waals surface area (Å²) >= 11 is 0. The van der Waals surface area contributed by atoms with E-state index in [1.807, 2.05) is 6.07 Å². The summed E-state index contributed by atoms with van der Waals surface area (Å²) in [6.07, 6.45) is 6.45. The minimum absolute atomic E-state index is 0.574. The second-order valence-electron chi connectivity index (χ2n) is 17.0. The van der Waals surface area contributed by atoms with Crippen LogP contribution in [0.5, 0.6) is 0 Å². The molecular formula is C60H45NO. The van der Waals surface area contributed by atoms with Crippen molar-refractivity contribution in [3.8, 4) is 33.4 Å². The van der Waals surface area contributed by atoms with Crippen molar-refractivity contribution in [2.24, 2.45) is 0 Å². The summed E-state index contributed by atoms with van der Waals surface area (Å²) in [4.78, 5) is 2.48. The maximum atomic E-state index is 6.38. The summed E-state index contributed by atoms with van der Waals surface area (Å²) in [7, 11) is 0. The molecule has 1 aliphatic carbocycles. The van der Waals surface area contributed by atoms with Crippen molar-refractivity contribution in [3.63, 3.8) is 0 Å². The number of hydrogen-bond donors (Lipinski definition) is 0. The molecule has 0 unspecified atom stereocenters. The first-order valence-corrected chi connectivity index (χ1v) is 22.2. The summed E-state index contributed by atoms with van der Waals surface area (Å²) in [5.74, 6) is 0.574. The fourth-order valence-electron chi connectivity index (χ4n) is 10.6. The number of anilines is 3. The van der Waals surface area contributed by atoms with Gasteiger partial charge in [0.05, 0.1) is 5.69 Å². The average molecular weight is 796 g/mol. The standard InChI is InChI=1S/C60H45NO/c1-2-16-40(17-3-1)49-29-12-19-42-20-13-32-54(59(42)49)53-26-6-8-33-56(53)61(46-24-11-22-44(39-46)50-30-15-35-58-60(50)55-27-7-9-34-57(55)62-58)45-23-10-21-43(38-45)48-28-14-31-51-47-25-5-4-18-41(47)36-37-52(48)51/h4-15,18-40H,1-3,16-17H2. The predicted molar refractivity (Wildman–Crippen MR) is 263 cm³/mol. The second kappa shape index (κ2) is 15.2. The first-order chi connectivity index (χ1) is 30.8. The van der Waals surface area contributed by atoms with E-state index in [9.17, 15) is 0 Å². The molecule has 2 nitrogen and oxygen atoms in total. The monoisotopic (exact) mass is 795 g/mol. The molecule has 12 rings (SSSR count). The zero-order valence-electron chi connectivity index (χ0n) is 34.6. The summed E-state index contributed by atoms with van der Waals surface area (Å²) in [5, 5.41) is 10.0. The minimum Gasteiger partial charge on any atom is -0.456 e. The first kappa shape index (κ1) is 36.4. The average Bonchev–Trinajstić information content (AvgIpc) is 3.73. The van der Waals surface area contributed by atoms with Crippen LogP contribution in [0.4, 0.5) is 17.1 Å². The molecular weight excluding hydrogens is 751 g/mol. The van der Waals surface area contributed by atoms with E-state index < -0.39 is 0 Å². The fourth-order valence-corrected chi connectivity index (χ4v) is 10.6. The van der Waals surface area contributed by atoms with Gasteiger partial charge in [0, 0.05) is 27.7 Å². The number of para-hydroxylation sites is 2. The molecule has 0 spiro atoms. The van der Waals surface area contributed by atoms with Gasteiger partial charge >= 0.3 is 0 Å². The third-order valence-electron chi connectivity index (χ3n) is 13.4. The van der Waals surface area contributed by atoms with E-state index in [2.05, 4.69) is 205 Å². The highest BCUT2D eigenvalue weighted by atomic mass is 16.3. The van der Waals surface area contributed by atoms with Crippen LogP contribution in [-0.4, -0.2) is 0 Å². The van der Waals surface area contributed by atoms with Gasteiger partial charge in [0.25, 0.3) is 0 Å². The molecule has 1 aromatic heterocycles. The SMILES string of the molecule is c1cc(-c2cccc3c2ccc2ccccc23)cc(N(c2cccc(-c3cccc4oc5ccccc5c34)c2)c2ccccc2-c2cccc3cccc(C4CCCCC4)c23)c1. The van der Waals surface area contributed by atoms with Gasteiger partial charge in [-0.1, -0.05) is 183 Å². The van der Waals surface area contributed by atoms with Gasteiger partial charge in [-0.3, -0.25) is 0 Å². The van der Waals surface area contributed by atoms with Crippen molar-refractivity contribution in [1.82, 2.24) is 0 Å². The molecule has 0 aliphatic heterocycles. The summed E-state index contributed by atoms with van der Waals surface area (Å²) in [6.45, 7) is 0. The quantitative estimate of drug-likeness (QED) is 0.149. The molecule has 0 N–H and O–H groups in total. The van der Waals surface area contributed by atoms with E-state index in [1.54, 1.807) is 0 Å². The molecule has 0 bridgehead atoms. The lowest BCUT2D eigenvalue weighted by Gasteiger charge is -2.30. The van der Waals surface area contributed by atoms with Crippen LogP contribution in [0.3, 0.4) is 0 Å². The smallest absolute Gasteiger partial charge is 0.136 e. The summed E-state index contributed by atoms with van der Waals surface area (Å²) in [6, 6.07) is 75.9. The topological polar surface area (TPSA) is 16.4 Å². The Labute approximate surface area is 362 Å². The second-order valence-corrected chi connectivity index (χ2v) is 17.0. The highest BCUT2D eigenvalue weighted by molar-refractivity contribution is 6.14. The van der Waals surface area contributed by atoms with Crippen molar-refractivity contribution in [2.75, 3.05) is 4.90 Å². The van der Waals surface area contributed by atoms with Crippen LogP contribution in [-0.2, 0) is 0 Å². The zero-order valence-corrected chi connectivity index (χ0v) is 34.6. The third kappa shape index (κ3) is 6.17. The summed E-state index contributed by atoms with van der Waals surface area (Å²) in [5.41, 5.74) is 13.8. The van der Waals surface area contributed by atoms with Crippen LogP contribution in [0.15, 0.2) is 211 Å². The first-order valence-electron chi connectivity index (χ1n) is 22.2. The van der Waals surface area contributed by atoms with Gasteiger partial charge in [0.15, 0.2) is 0 Å². The van der Waals surface area contributed by atoms with E-state index >= 15 is 0 Å². The van der Waals surface area contributed by atoms with Crippen LogP contribution >= 0.6 is 0 Å². The van der Waals surface area contributed by atoms with Crippen LogP contribution in [0.1, 0.15) is 43.6 Å². The van der Waals surface area contributed by atoms with E-state index in [0.717, 1.165) is 50.1 Å². The summed E-state index contributed by atoms with van der Waals surface area (Å²) < 4.78 is 6.38. The van der Waals surface area contributed by atoms with Gasteiger partial charge in [-0.15, -0.1) is 0 Å². The van der Waals surface area contributed by atoms with Crippen LogP contribution in [0.25, 0.3) is 87.6 Å². The lowest BCUT2D eigenvalue weighted by atomic mass is 9.80. The number of fused-ring (bicyclic) bond motifs is 7. The molecule has 2 heteroatoms. The molecule has 296 valence electrons. The molecule has 1 fully saturated rings. The van der Waals surface area contributed by atoms with Gasteiger partial charge < -0.3 is 9.32 Å². The molecule has 0 radical (unpaired) electrons. The lowest BCUT2D eigenvalue weighted by molar-refractivity contribution is 0.445. The Morgan fingerprint density at radius 1 is 0.371 bits per heavy atom. The van der Waals surface area contributed by atoms with E-state index in [0.29, 0.717) is 5.92 Å². The van der Waals surface area contributed by atoms with Gasteiger partial charge in [0.1, 0.15) is 11.2 Å². The maximum Gasteiger partial charge on any atom is 0.136 e. The molecule has 1 heterocycles. The van der Waals surface area contributed by atoms with Gasteiger partial charge in [-0.2, -0.15) is 0 Å². The van der Waals surface area contributed by atoms with E-state index in [-0.39, 0.29) is 0 Å². The predicted octanol–water partition coefficient (Wildman–Crippen LogP) is 17.6. The van der Waals surface area contributed by atoms with Crippen molar-refractivity contribution in [1.29, 1.82) is 0 Å². The number of nitrogens with zero attached hydrogens (tertiary/aromatic N) is 1. The van der Waals surface area contributed by atoms with Crippen LogP contribution < -0.4 is 4.90 Å². The van der Waals surface area contributed by atoms with Gasteiger partial charge in [-0.25, -0.2) is 0 Å². The molecule has 62 heavy (non-hydrogen) atoms. The maximum absolute atomic E-state index is 6.38. The Kier molecular flexibility index (Phi) is 8.96.